The van der Waals surface area contributed by atoms with Crippen LogP contribution in [-0.4, -0.2) is 48.1 Å². The molecule has 0 heterocycles. The molecule has 2 amide bonds. The number of carbonyl (C=O) groups is 2. The molecule has 2 atom stereocenters. The second kappa shape index (κ2) is 8.44. The molecule has 132 valence electrons. The number of rotatable bonds is 6. The van der Waals surface area contributed by atoms with Crippen molar-refractivity contribution in [3.05, 3.63) is 71.3 Å². The summed E-state index contributed by atoms with van der Waals surface area (Å²) in [5, 5.41) is 13.1. The van der Waals surface area contributed by atoms with E-state index in [1.165, 1.54) is 4.90 Å². The molecule has 0 saturated heterocycles. The Morgan fingerprint density at radius 3 is 2.32 bits per heavy atom. The molecule has 2 aromatic rings. The van der Waals surface area contributed by atoms with E-state index < -0.39 is 12.1 Å². The lowest BCUT2D eigenvalue weighted by Gasteiger charge is -2.20. The van der Waals surface area contributed by atoms with Gasteiger partial charge in [-0.05, 0) is 30.7 Å². The highest BCUT2D eigenvalue weighted by atomic mass is 16.3. The predicted molar refractivity (Wildman–Crippen MR) is 97.5 cm³/mol. The minimum Gasteiger partial charge on any atom is -0.391 e. The minimum absolute atomic E-state index is 0.160. The minimum atomic E-state index is -0.696. The average molecular weight is 340 g/mol. The molecule has 2 unspecified atom stereocenters. The van der Waals surface area contributed by atoms with Crippen LogP contribution in [0.15, 0.2) is 54.6 Å². The summed E-state index contributed by atoms with van der Waals surface area (Å²) in [6.07, 6.45) is -0.237. The molecular weight excluding hydrogens is 316 g/mol. The van der Waals surface area contributed by atoms with Crippen LogP contribution in [0.2, 0.25) is 0 Å². The Balaban J connectivity index is 2.01. The monoisotopic (exact) mass is 340 g/mol. The molecule has 25 heavy (non-hydrogen) atoms. The molecular formula is C20H24N2O3. The van der Waals surface area contributed by atoms with Crippen LogP contribution in [0.1, 0.15) is 33.2 Å². The molecule has 0 spiro atoms. The molecule has 0 bridgehead atoms. The third-order valence-electron chi connectivity index (χ3n) is 4.00. The van der Waals surface area contributed by atoms with Gasteiger partial charge in [-0.3, -0.25) is 9.59 Å². The summed E-state index contributed by atoms with van der Waals surface area (Å²) < 4.78 is 0. The Hall–Kier alpha value is -2.66. The number of carbonyl (C=O) groups excluding carboxylic acids is 2. The number of aliphatic hydroxyl groups excluding tert-OH is 1. The van der Waals surface area contributed by atoms with E-state index in [-0.39, 0.29) is 11.8 Å². The van der Waals surface area contributed by atoms with Crippen LogP contribution < -0.4 is 5.32 Å². The number of aliphatic hydroxyl groups is 1. The molecule has 5 heteroatoms. The summed E-state index contributed by atoms with van der Waals surface area (Å²) in [7, 11) is 3.33. The molecule has 2 aromatic carbocycles. The summed E-state index contributed by atoms with van der Waals surface area (Å²) in [5.41, 5.74) is 1.86. The number of nitrogens with zero attached hydrogens (tertiary/aromatic N) is 1. The van der Waals surface area contributed by atoms with Gasteiger partial charge in [-0.15, -0.1) is 0 Å². The fourth-order valence-electron chi connectivity index (χ4n) is 2.47. The van der Waals surface area contributed by atoms with Crippen molar-refractivity contribution in [1.29, 1.82) is 0 Å². The zero-order valence-corrected chi connectivity index (χ0v) is 14.8. The van der Waals surface area contributed by atoms with Gasteiger partial charge in [0.2, 0.25) is 0 Å². The van der Waals surface area contributed by atoms with Gasteiger partial charge in [0, 0.05) is 31.6 Å². The highest BCUT2D eigenvalue weighted by Gasteiger charge is 2.19. The van der Waals surface area contributed by atoms with E-state index in [1.54, 1.807) is 45.3 Å². The zero-order valence-electron chi connectivity index (χ0n) is 14.8. The summed E-state index contributed by atoms with van der Waals surface area (Å²) in [6.45, 7) is 1.76. The Kier molecular flexibility index (Phi) is 6.31. The van der Waals surface area contributed by atoms with Gasteiger partial charge in [-0.25, -0.2) is 0 Å². The lowest BCUT2D eigenvalue weighted by molar-refractivity contribution is 0.0827. The van der Waals surface area contributed by atoms with Crippen molar-refractivity contribution < 1.29 is 14.7 Å². The van der Waals surface area contributed by atoms with Crippen LogP contribution in [0.5, 0.6) is 0 Å². The first kappa shape index (κ1) is 18.7. The Morgan fingerprint density at radius 1 is 1.04 bits per heavy atom. The zero-order chi connectivity index (χ0) is 18.4. The summed E-state index contributed by atoms with van der Waals surface area (Å²) in [4.78, 5) is 25.9. The maximum Gasteiger partial charge on any atom is 0.253 e. The molecule has 0 aromatic heterocycles. The van der Waals surface area contributed by atoms with Gasteiger partial charge in [0.05, 0.1) is 12.1 Å². The average Bonchev–Trinajstić information content (AvgIpc) is 2.61. The van der Waals surface area contributed by atoms with Crippen molar-refractivity contribution in [2.24, 2.45) is 0 Å². The number of amides is 2. The molecule has 0 aliphatic rings. The van der Waals surface area contributed by atoms with Crippen molar-refractivity contribution >= 4 is 11.8 Å². The summed E-state index contributed by atoms with van der Waals surface area (Å²) in [6, 6.07) is 15.8. The van der Waals surface area contributed by atoms with Crippen molar-refractivity contribution in [2.75, 3.05) is 14.1 Å². The van der Waals surface area contributed by atoms with E-state index in [2.05, 4.69) is 5.32 Å². The Morgan fingerprint density at radius 2 is 1.68 bits per heavy atom. The number of hydrogen-bond acceptors (Lipinski definition) is 3. The maximum absolute atomic E-state index is 12.4. The predicted octanol–water partition coefficient (Wildman–Crippen LogP) is 2.11. The first-order valence-corrected chi connectivity index (χ1v) is 8.23. The van der Waals surface area contributed by atoms with Crippen LogP contribution in [-0.2, 0) is 6.42 Å². The van der Waals surface area contributed by atoms with Crippen LogP contribution in [0.4, 0.5) is 0 Å². The van der Waals surface area contributed by atoms with Gasteiger partial charge in [0.25, 0.3) is 11.8 Å². The fraction of sp³-hybridized carbons (Fsp3) is 0.300. The second-order valence-electron chi connectivity index (χ2n) is 6.30. The first-order chi connectivity index (χ1) is 11.9. The molecule has 0 aliphatic heterocycles. The van der Waals surface area contributed by atoms with Crippen molar-refractivity contribution in [3.8, 4) is 0 Å². The molecule has 0 radical (unpaired) electrons. The van der Waals surface area contributed by atoms with E-state index >= 15 is 0 Å². The van der Waals surface area contributed by atoms with Gasteiger partial charge >= 0.3 is 0 Å². The van der Waals surface area contributed by atoms with E-state index in [9.17, 15) is 14.7 Å². The quantitative estimate of drug-likeness (QED) is 0.846. The van der Waals surface area contributed by atoms with Gasteiger partial charge in [0.1, 0.15) is 0 Å². The topological polar surface area (TPSA) is 69.6 Å². The highest BCUT2D eigenvalue weighted by molar-refractivity contribution is 5.99. The van der Waals surface area contributed by atoms with Crippen molar-refractivity contribution in [2.45, 2.75) is 25.5 Å². The first-order valence-electron chi connectivity index (χ1n) is 8.23. The van der Waals surface area contributed by atoms with Crippen LogP contribution in [0.3, 0.4) is 0 Å². The summed E-state index contributed by atoms with van der Waals surface area (Å²) in [5.74, 6) is -0.472. The molecule has 0 saturated carbocycles. The molecule has 2 rings (SSSR count). The SMILES string of the molecule is CC(NC(=O)c1cccc(C(=O)N(C)C)c1)C(O)Cc1ccccc1. The van der Waals surface area contributed by atoms with E-state index in [1.807, 2.05) is 30.3 Å². The van der Waals surface area contributed by atoms with Gasteiger partial charge in [-0.1, -0.05) is 36.4 Å². The van der Waals surface area contributed by atoms with Gasteiger partial charge in [0.15, 0.2) is 0 Å². The lowest BCUT2D eigenvalue weighted by atomic mass is 10.0. The Bertz CT molecular complexity index is 729. The van der Waals surface area contributed by atoms with Crippen LogP contribution >= 0.6 is 0 Å². The number of benzene rings is 2. The third-order valence-corrected chi connectivity index (χ3v) is 4.00. The van der Waals surface area contributed by atoms with Crippen molar-refractivity contribution in [1.82, 2.24) is 10.2 Å². The van der Waals surface area contributed by atoms with E-state index in [0.717, 1.165) is 5.56 Å². The molecule has 2 N–H and O–H groups in total. The summed E-state index contributed by atoms with van der Waals surface area (Å²) >= 11 is 0. The van der Waals surface area contributed by atoms with Gasteiger partial charge in [-0.2, -0.15) is 0 Å². The second-order valence-corrected chi connectivity index (χ2v) is 6.30. The normalized spacial score (nSPS) is 13.0. The standard InChI is InChI=1S/C20H24N2O3/c1-14(18(23)12-15-8-5-4-6-9-15)21-19(24)16-10-7-11-17(13-16)20(25)22(2)3/h4-11,13-14,18,23H,12H2,1-3H3,(H,21,24). The molecule has 0 aliphatic carbocycles. The highest BCUT2D eigenvalue weighted by Crippen LogP contribution is 2.10. The van der Waals surface area contributed by atoms with Crippen molar-refractivity contribution in [3.63, 3.8) is 0 Å². The van der Waals surface area contributed by atoms with Gasteiger partial charge < -0.3 is 15.3 Å². The van der Waals surface area contributed by atoms with Crippen LogP contribution in [0.25, 0.3) is 0 Å². The maximum atomic E-state index is 12.4. The largest absolute Gasteiger partial charge is 0.391 e. The molecule has 0 fully saturated rings. The third kappa shape index (κ3) is 5.16. The Labute approximate surface area is 148 Å². The van der Waals surface area contributed by atoms with Crippen LogP contribution in [0, 0.1) is 0 Å². The van der Waals surface area contributed by atoms with E-state index in [0.29, 0.717) is 17.5 Å². The smallest absolute Gasteiger partial charge is 0.253 e. The number of nitrogens with one attached hydrogen (secondary N) is 1. The lowest BCUT2D eigenvalue weighted by Crippen LogP contribution is -2.42. The number of hydrogen-bond donors (Lipinski definition) is 2. The van der Waals surface area contributed by atoms with E-state index in [4.69, 9.17) is 0 Å². The fourth-order valence-corrected chi connectivity index (χ4v) is 2.47. The molecule has 5 nitrogen and oxygen atoms in total.